The Hall–Kier alpha value is -2.23. The molecule has 1 radical (unpaired) electrons. The Morgan fingerprint density at radius 3 is 1.89 bits per heavy atom. The van der Waals surface area contributed by atoms with Gasteiger partial charge in [-0.2, -0.15) is 0 Å². The van der Waals surface area contributed by atoms with Crippen LogP contribution in [0.2, 0.25) is 0 Å². The van der Waals surface area contributed by atoms with Gasteiger partial charge >= 0.3 is 0 Å². The molecule has 2 nitrogen and oxygen atoms in total. The van der Waals surface area contributed by atoms with Gasteiger partial charge in [-0.05, 0) is 40.8 Å². The van der Waals surface area contributed by atoms with Gasteiger partial charge in [0.2, 0.25) is 0 Å². The SMILES string of the molecule is CC(C)(C)C(O[Si](c1ccccc1)c1ccccc1)c1cccc(C2CC2)n1. The molecular weight excluding hydrogens is 358 g/mol. The normalized spacial score (nSPS) is 15.6. The van der Waals surface area contributed by atoms with Crippen molar-refractivity contribution in [1.82, 2.24) is 4.98 Å². The quantitative estimate of drug-likeness (QED) is 0.564. The van der Waals surface area contributed by atoms with Gasteiger partial charge in [-0.3, -0.25) is 4.98 Å². The molecule has 0 spiro atoms. The molecule has 1 aliphatic carbocycles. The minimum Gasteiger partial charge on any atom is -0.398 e. The molecule has 1 aliphatic rings. The molecule has 1 aromatic heterocycles. The van der Waals surface area contributed by atoms with Crippen LogP contribution in [-0.2, 0) is 4.43 Å². The summed E-state index contributed by atoms with van der Waals surface area (Å²) in [5.41, 5.74) is 2.24. The minimum atomic E-state index is -1.38. The van der Waals surface area contributed by atoms with Gasteiger partial charge < -0.3 is 4.43 Å². The van der Waals surface area contributed by atoms with Crippen LogP contribution < -0.4 is 10.4 Å². The molecule has 0 bridgehead atoms. The Labute approximate surface area is 170 Å². The number of nitrogens with zero attached hydrogens (tertiary/aromatic N) is 1. The summed E-state index contributed by atoms with van der Waals surface area (Å²) >= 11 is 0. The van der Waals surface area contributed by atoms with Crippen LogP contribution in [0, 0.1) is 5.41 Å². The third kappa shape index (κ3) is 4.42. The van der Waals surface area contributed by atoms with Crippen LogP contribution in [0.15, 0.2) is 78.9 Å². The van der Waals surface area contributed by atoms with Crippen molar-refractivity contribution in [1.29, 1.82) is 0 Å². The molecule has 1 fully saturated rings. The van der Waals surface area contributed by atoms with Crippen LogP contribution in [-0.4, -0.2) is 14.0 Å². The third-order valence-electron chi connectivity index (χ3n) is 5.15. The van der Waals surface area contributed by atoms with Gasteiger partial charge in [0.25, 0.3) is 9.04 Å². The topological polar surface area (TPSA) is 22.1 Å². The van der Waals surface area contributed by atoms with Gasteiger partial charge in [0.1, 0.15) is 0 Å². The van der Waals surface area contributed by atoms with Crippen molar-refractivity contribution in [3.05, 3.63) is 90.3 Å². The molecule has 0 N–H and O–H groups in total. The average molecular weight is 387 g/mol. The van der Waals surface area contributed by atoms with Crippen LogP contribution in [0.3, 0.4) is 0 Å². The van der Waals surface area contributed by atoms with Crippen molar-refractivity contribution in [2.45, 2.75) is 45.6 Å². The standard InChI is InChI=1S/C25H28NOSi/c1-25(2,3)24(23-16-10-15-22(26-23)19-17-18-19)27-28(20-11-6-4-7-12-20)21-13-8-5-9-14-21/h4-16,19,24H,17-18H2,1-3H3. The summed E-state index contributed by atoms with van der Waals surface area (Å²) in [6, 6.07) is 27.7. The van der Waals surface area contributed by atoms with E-state index >= 15 is 0 Å². The predicted molar refractivity (Wildman–Crippen MR) is 117 cm³/mol. The van der Waals surface area contributed by atoms with Crippen LogP contribution in [0.1, 0.15) is 57.0 Å². The van der Waals surface area contributed by atoms with Crippen molar-refractivity contribution < 1.29 is 4.43 Å². The Kier molecular flexibility index (Phi) is 5.47. The van der Waals surface area contributed by atoms with Gasteiger partial charge in [-0.15, -0.1) is 0 Å². The molecule has 143 valence electrons. The highest BCUT2D eigenvalue weighted by molar-refractivity contribution is 6.80. The fraction of sp³-hybridized carbons (Fsp3) is 0.320. The number of pyridine rings is 1. The number of rotatable bonds is 6. The van der Waals surface area contributed by atoms with E-state index in [1.54, 1.807) is 0 Å². The van der Waals surface area contributed by atoms with E-state index in [2.05, 4.69) is 99.6 Å². The van der Waals surface area contributed by atoms with Crippen molar-refractivity contribution >= 4 is 19.4 Å². The number of aromatic nitrogens is 1. The monoisotopic (exact) mass is 386 g/mol. The summed E-state index contributed by atoms with van der Waals surface area (Å²) in [4.78, 5) is 5.03. The Morgan fingerprint density at radius 1 is 0.821 bits per heavy atom. The number of benzene rings is 2. The van der Waals surface area contributed by atoms with Crippen molar-refractivity contribution in [2.75, 3.05) is 0 Å². The molecule has 28 heavy (non-hydrogen) atoms. The van der Waals surface area contributed by atoms with Crippen LogP contribution in [0.4, 0.5) is 0 Å². The zero-order valence-corrected chi connectivity index (χ0v) is 17.9. The predicted octanol–water partition coefficient (Wildman–Crippen LogP) is 4.87. The molecule has 1 unspecified atom stereocenters. The van der Waals surface area contributed by atoms with Gasteiger partial charge in [-0.1, -0.05) is 87.5 Å². The summed E-state index contributed by atoms with van der Waals surface area (Å²) in [5, 5.41) is 2.54. The van der Waals surface area contributed by atoms with E-state index in [1.165, 1.54) is 28.9 Å². The largest absolute Gasteiger partial charge is 0.398 e. The van der Waals surface area contributed by atoms with Crippen LogP contribution >= 0.6 is 0 Å². The van der Waals surface area contributed by atoms with Crippen LogP contribution in [0.25, 0.3) is 0 Å². The number of hydrogen-bond donors (Lipinski definition) is 0. The summed E-state index contributed by atoms with van der Waals surface area (Å²) in [6.45, 7) is 6.75. The van der Waals surface area contributed by atoms with Gasteiger partial charge in [0.05, 0.1) is 11.8 Å². The van der Waals surface area contributed by atoms with E-state index in [9.17, 15) is 0 Å². The molecule has 3 aromatic rings. The second-order valence-corrected chi connectivity index (χ2v) is 10.7. The fourth-order valence-electron chi connectivity index (χ4n) is 3.50. The zero-order chi connectivity index (χ0) is 19.6. The summed E-state index contributed by atoms with van der Waals surface area (Å²) in [6.07, 6.45) is 2.47. The lowest BCUT2D eigenvalue weighted by Gasteiger charge is -2.34. The van der Waals surface area contributed by atoms with Gasteiger partial charge in [0.15, 0.2) is 0 Å². The molecule has 0 amide bonds. The maximum atomic E-state index is 6.97. The molecule has 0 saturated heterocycles. The minimum absolute atomic E-state index is 0.0470. The molecular formula is C25H28NOSi. The van der Waals surface area contributed by atoms with E-state index in [-0.39, 0.29) is 11.5 Å². The Balaban J connectivity index is 1.72. The highest BCUT2D eigenvalue weighted by atomic mass is 28.3. The van der Waals surface area contributed by atoms with E-state index in [1.807, 2.05) is 0 Å². The van der Waals surface area contributed by atoms with Crippen molar-refractivity contribution in [3.63, 3.8) is 0 Å². The molecule has 1 atom stereocenters. The van der Waals surface area contributed by atoms with Gasteiger partial charge in [-0.25, -0.2) is 0 Å². The number of hydrogen-bond acceptors (Lipinski definition) is 2. The molecule has 3 heteroatoms. The maximum Gasteiger partial charge on any atom is 0.283 e. The first-order valence-corrected chi connectivity index (χ1v) is 11.5. The Bertz CT molecular complexity index is 861. The first-order chi connectivity index (χ1) is 13.5. The highest BCUT2D eigenvalue weighted by Gasteiger charge is 2.34. The average Bonchev–Trinajstić information content (AvgIpc) is 3.55. The summed E-state index contributed by atoms with van der Waals surface area (Å²) < 4.78 is 6.97. The molecule has 4 rings (SSSR count). The first-order valence-electron chi connectivity index (χ1n) is 10.1. The Morgan fingerprint density at radius 2 is 1.39 bits per heavy atom. The van der Waals surface area contributed by atoms with E-state index in [4.69, 9.17) is 9.41 Å². The van der Waals surface area contributed by atoms with Crippen molar-refractivity contribution in [3.8, 4) is 0 Å². The van der Waals surface area contributed by atoms with Crippen molar-refractivity contribution in [2.24, 2.45) is 5.41 Å². The molecule has 0 aliphatic heterocycles. The second-order valence-electron chi connectivity index (χ2n) is 8.69. The maximum absolute atomic E-state index is 6.97. The lowest BCUT2D eigenvalue weighted by atomic mass is 9.87. The molecule has 1 heterocycles. The summed E-state index contributed by atoms with van der Waals surface area (Å²) in [5.74, 6) is 0.647. The third-order valence-corrected chi connectivity index (χ3v) is 7.34. The lowest BCUT2D eigenvalue weighted by Crippen LogP contribution is -2.47. The smallest absolute Gasteiger partial charge is 0.283 e. The van der Waals surface area contributed by atoms with E-state index < -0.39 is 9.04 Å². The summed E-state index contributed by atoms with van der Waals surface area (Å²) in [7, 11) is -1.38. The molecule has 2 aromatic carbocycles. The van der Waals surface area contributed by atoms with E-state index in [0.717, 1.165) is 5.69 Å². The zero-order valence-electron chi connectivity index (χ0n) is 16.9. The lowest BCUT2D eigenvalue weighted by molar-refractivity contribution is 0.0856. The highest BCUT2D eigenvalue weighted by Crippen LogP contribution is 2.41. The fourth-order valence-corrected chi connectivity index (χ4v) is 5.81. The van der Waals surface area contributed by atoms with E-state index in [0.29, 0.717) is 5.92 Å². The van der Waals surface area contributed by atoms with Crippen LogP contribution in [0.5, 0.6) is 0 Å². The second kappa shape index (κ2) is 8.02. The molecule has 1 saturated carbocycles. The first kappa shape index (κ1) is 19.1. The van der Waals surface area contributed by atoms with Gasteiger partial charge in [0, 0.05) is 11.6 Å².